The molecule has 0 amide bonds. The van der Waals surface area contributed by atoms with Crippen LogP contribution in [0.2, 0.25) is 0 Å². The first-order chi connectivity index (χ1) is 8.41. The van der Waals surface area contributed by atoms with E-state index in [4.69, 9.17) is 10.5 Å². The number of benzene rings is 1. The second-order valence-corrected chi connectivity index (χ2v) is 5.65. The van der Waals surface area contributed by atoms with E-state index in [0.29, 0.717) is 6.54 Å². The Kier molecular flexibility index (Phi) is 5.17. The first-order valence-corrected chi connectivity index (χ1v) is 6.45. The first-order valence-electron chi connectivity index (χ1n) is 6.45. The van der Waals surface area contributed by atoms with Gasteiger partial charge in [0.15, 0.2) is 0 Å². The Morgan fingerprint density at radius 2 is 1.89 bits per heavy atom. The molecule has 0 fully saturated rings. The Morgan fingerprint density at radius 3 is 2.44 bits per heavy atom. The number of hydrogen-bond donors (Lipinski definition) is 2. The van der Waals surface area contributed by atoms with Crippen molar-refractivity contribution in [2.45, 2.75) is 34.2 Å². The summed E-state index contributed by atoms with van der Waals surface area (Å²) in [6.45, 7) is 11.1. The zero-order valence-corrected chi connectivity index (χ0v) is 12.3. The molecule has 3 nitrogen and oxygen atoms in total. The van der Waals surface area contributed by atoms with Crippen LogP contribution in [0.1, 0.15) is 30.5 Å². The van der Waals surface area contributed by atoms with Crippen LogP contribution in [0.15, 0.2) is 12.1 Å². The molecule has 102 valence electrons. The molecule has 0 aliphatic carbocycles. The molecule has 0 aliphatic rings. The van der Waals surface area contributed by atoms with Gasteiger partial charge in [0.25, 0.3) is 0 Å². The fourth-order valence-electron chi connectivity index (χ4n) is 1.87. The molecule has 1 aromatic rings. The molecule has 1 aromatic carbocycles. The van der Waals surface area contributed by atoms with Gasteiger partial charge in [0.1, 0.15) is 5.75 Å². The monoisotopic (exact) mass is 250 g/mol. The van der Waals surface area contributed by atoms with Gasteiger partial charge < -0.3 is 15.8 Å². The van der Waals surface area contributed by atoms with Crippen LogP contribution < -0.4 is 15.8 Å². The Morgan fingerprint density at radius 1 is 1.22 bits per heavy atom. The summed E-state index contributed by atoms with van der Waals surface area (Å²) in [6, 6.07) is 4.16. The van der Waals surface area contributed by atoms with Crippen molar-refractivity contribution >= 4 is 0 Å². The molecule has 0 spiro atoms. The lowest BCUT2D eigenvalue weighted by atomic mass is 9.93. The van der Waals surface area contributed by atoms with Crippen LogP contribution in [0, 0.1) is 19.3 Å². The highest BCUT2D eigenvalue weighted by molar-refractivity contribution is 5.43. The molecule has 0 atom stereocenters. The third-order valence-electron chi connectivity index (χ3n) is 3.54. The lowest BCUT2D eigenvalue weighted by Crippen LogP contribution is -2.35. The molecule has 0 heterocycles. The van der Waals surface area contributed by atoms with Crippen molar-refractivity contribution in [3.63, 3.8) is 0 Å². The van der Waals surface area contributed by atoms with Gasteiger partial charge in [-0.15, -0.1) is 0 Å². The zero-order chi connectivity index (χ0) is 13.8. The van der Waals surface area contributed by atoms with Crippen LogP contribution in [0.5, 0.6) is 5.75 Å². The first kappa shape index (κ1) is 15.0. The average molecular weight is 250 g/mol. The Hall–Kier alpha value is -1.06. The number of nitrogens with two attached hydrogens (primary N) is 1. The SMILES string of the molecule is COc1ccc(CNCC(C)(C)CN)c(C)c1C. The number of methoxy groups -OCH3 is 1. The summed E-state index contributed by atoms with van der Waals surface area (Å²) < 4.78 is 5.32. The van der Waals surface area contributed by atoms with E-state index in [9.17, 15) is 0 Å². The Bertz CT molecular complexity index is 400. The molecule has 0 radical (unpaired) electrons. The van der Waals surface area contributed by atoms with Crippen LogP contribution in [-0.2, 0) is 6.54 Å². The molecule has 3 N–H and O–H groups in total. The molecular weight excluding hydrogens is 224 g/mol. The lowest BCUT2D eigenvalue weighted by molar-refractivity contribution is 0.351. The summed E-state index contributed by atoms with van der Waals surface area (Å²) in [6.07, 6.45) is 0. The maximum Gasteiger partial charge on any atom is 0.122 e. The minimum Gasteiger partial charge on any atom is -0.496 e. The number of hydrogen-bond acceptors (Lipinski definition) is 3. The van der Waals surface area contributed by atoms with Gasteiger partial charge in [-0.05, 0) is 48.6 Å². The van der Waals surface area contributed by atoms with Gasteiger partial charge >= 0.3 is 0 Å². The second-order valence-electron chi connectivity index (χ2n) is 5.65. The number of nitrogens with one attached hydrogen (secondary N) is 1. The van der Waals surface area contributed by atoms with Crippen LogP contribution >= 0.6 is 0 Å². The largest absolute Gasteiger partial charge is 0.496 e. The van der Waals surface area contributed by atoms with E-state index in [0.717, 1.165) is 18.8 Å². The molecule has 0 aromatic heterocycles. The van der Waals surface area contributed by atoms with Crippen molar-refractivity contribution in [3.8, 4) is 5.75 Å². The maximum absolute atomic E-state index is 5.72. The fourth-order valence-corrected chi connectivity index (χ4v) is 1.87. The standard InChI is InChI=1S/C15H26N2O/c1-11-12(2)14(18-5)7-6-13(11)8-17-10-15(3,4)9-16/h6-7,17H,8-10,16H2,1-5H3. The highest BCUT2D eigenvalue weighted by atomic mass is 16.5. The summed E-state index contributed by atoms with van der Waals surface area (Å²) in [5.74, 6) is 0.957. The van der Waals surface area contributed by atoms with Gasteiger partial charge in [-0.1, -0.05) is 19.9 Å². The highest BCUT2D eigenvalue weighted by Crippen LogP contribution is 2.23. The predicted octanol–water partition coefficient (Wildman–Crippen LogP) is 2.39. The van der Waals surface area contributed by atoms with E-state index in [2.05, 4.69) is 39.1 Å². The average Bonchev–Trinajstić information content (AvgIpc) is 2.35. The topological polar surface area (TPSA) is 47.3 Å². The summed E-state index contributed by atoms with van der Waals surface area (Å²) in [7, 11) is 1.71. The van der Waals surface area contributed by atoms with Crippen molar-refractivity contribution in [2.75, 3.05) is 20.2 Å². The number of rotatable bonds is 6. The van der Waals surface area contributed by atoms with Crippen molar-refractivity contribution in [2.24, 2.45) is 11.1 Å². The van der Waals surface area contributed by atoms with Crippen LogP contribution in [0.4, 0.5) is 0 Å². The van der Waals surface area contributed by atoms with E-state index in [1.807, 2.05) is 6.07 Å². The summed E-state index contributed by atoms with van der Waals surface area (Å²) in [5, 5.41) is 3.48. The van der Waals surface area contributed by atoms with Gasteiger partial charge in [-0.25, -0.2) is 0 Å². The molecule has 1 rings (SSSR count). The molecule has 18 heavy (non-hydrogen) atoms. The molecule has 3 heteroatoms. The minimum atomic E-state index is 0.148. The van der Waals surface area contributed by atoms with Crippen molar-refractivity contribution in [1.29, 1.82) is 0 Å². The van der Waals surface area contributed by atoms with Gasteiger partial charge in [0.05, 0.1) is 7.11 Å². The highest BCUT2D eigenvalue weighted by Gasteiger charge is 2.15. The fraction of sp³-hybridized carbons (Fsp3) is 0.600. The summed E-state index contributed by atoms with van der Waals surface area (Å²) in [5.41, 5.74) is 9.71. The van der Waals surface area contributed by atoms with E-state index in [1.165, 1.54) is 16.7 Å². The van der Waals surface area contributed by atoms with Gasteiger partial charge in [-0.3, -0.25) is 0 Å². The molecular formula is C15H26N2O. The molecule has 0 saturated carbocycles. The van der Waals surface area contributed by atoms with Crippen LogP contribution in [0.25, 0.3) is 0 Å². The van der Waals surface area contributed by atoms with Crippen LogP contribution in [-0.4, -0.2) is 20.2 Å². The lowest BCUT2D eigenvalue weighted by Gasteiger charge is -2.23. The quantitative estimate of drug-likeness (QED) is 0.815. The molecule has 0 unspecified atom stereocenters. The van der Waals surface area contributed by atoms with E-state index >= 15 is 0 Å². The molecule has 0 saturated heterocycles. The van der Waals surface area contributed by atoms with Gasteiger partial charge in [0.2, 0.25) is 0 Å². The van der Waals surface area contributed by atoms with Crippen molar-refractivity contribution in [3.05, 3.63) is 28.8 Å². The van der Waals surface area contributed by atoms with Crippen molar-refractivity contribution < 1.29 is 4.74 Å². The maximum atomic E-state index is 5.72. The summed E-state index contributed by atoms with van der Waals surface area (Å²) in [4.78, 5) is 0. The van der Waals surface area contributed by atoms with E-state index in [-0.39, 0.29) is 5.41 Å². The third kappa shape index (κ3) is 3.72. The van der Waals surface area contributed by atoms with E-state index in [1.54, 1.807) is 7.11 Å². The third-order valence-corrected chi connectivity index (χ3v) is 3.54. The minimum absolute atomic E-state index is 0.148. The van der Waals surface area contributed by atoms with Crippen molar-refractivity contribution in [1.82, 2.24) is 5.32 Å². The number of ether oxygens (including phenoxy) is 1. The van der Waals surface area contributed by atoms with E-state index < -0.39 is 0 Å². The predicted molar refractivity (Wildman–Crippen MR) is 77.0 cm³/mol. The molecule has 0 aliphatic heterocycles. The summed E-state index contributed by atoms with van der Waals surface area (Å²) >= 11 is 0. The van der Waals surface area contributed by atoms with Crippen LogP contribution in [0.3, 0.4) is 0 Å². The Balaban J connectivity index is 2.66. The zero-order valence-electron chi connectivity index (χ0n) is 12.3. The Labute approximate surface area is 111 Å². The van der Waals surface area contributed by atoms with Gasteiger partial charge in [-0.2, -0.15) is 0 Å². The normalized spacial score (nSPS) is 11.7. The smallest absolute Gasteiger partial charge is 0.122 e. The molecule has 0 bridgehead atoms. The second kappa shape index (κ2) is 6.21. The van der Waals surface area contributed by atoms with Gasteiger partial charge in [0, 0.05) is 13.1 Å².